The summed E-state index contributed by atoms with van der Waals surface area (Å²) in [6, 6.07) is 22.2. The van der Waals surface area contributed by atoms with Gasteiger partial charge in [0, 0.05) is 0 Å². The maximum absolute atomic E-state index is 2.54. The first kappa shape index (κ1) is 26.5. The Morgan fingerprint density at radius 3 is 1.26 bits per heavy atom. The molecular weight excluding hydrogens is 531 g/mol. The predicted octanol–water partition coefficient (Wildman–Crippen LogP) is 7.45. The molecule has 0 heterocycles. The van der Waals surface area contributed by atoms with Crippen molar-refractivity contribution in [2.24, 2.45) is 0 Å². The van der Waals surface area contributed by atoms with E-state index < -0.39 is 40.8 Å². The maximum Gasteiger partial charge on any atom is -0.147 e. The van der Waals surface area contributed by atoms with Crippen LogP contribution in [0, 0.1) is 0 Å². The van der Waals surface area contributed by atoms with Gasteiger partial charge in [-0.15, -0.1) is 24.8 Å². The van der Waals surface area contributed by atoms with E-state index in [1.807, 2.05) is 6.56 Å². The van der Waals surface area contributed by atoms with E-state index in [9.17, 15) is 0 Å². The SMILES string of the molecule is C[SiH](C)C1=[C]([Zr][C]2=C([SiH](C)C)C(c3ccccc3)=CC2)CC=C1c1ccccc1.Cl.Cl. The fraction of sp³-hybridized carbons (Fsp3) is 0.231. The molecule has 0 nitrogen and oxygen atoms in total. The van der Waals surface area contributed by atoms with Crippen LogP contribution in [-0.2, 0) is 23.2 Å². The van der Waals surface area contributed by atoms with E-state index in [2.05, 4.69) is 99.0 Å². The predicted molar refractivity (Wildman–Crippen MR) is 144 cm³/mol. The van der Waals surface area contributed by atoms with Crippen molar-refractivity contribution < 1.29 is 23.2 Å². The fourth-order valence-electron chi connectivity index (χ4n) is 4.69. The van der Waals surface area contributed by atoms with Crippen LogP contribution in [-0.4, -0.2) is 17.6 Å². The van der Waals surface area contributed by atoms with Gasteiger partial charge in [-0.3, -0.25) is 0 Å². The van der Waals surface area contributed by atoms with Gasteiger partial charge in [0.1, 0.15) is 0 Å². The third-order valence-corrected chi connectivity index (χ3v) is 14.7. The summed E-state index contributed by atoms with van der Waals surface area (Å²) in [7, 11) is -1.73. The first-order valence-corrected chi connectivity index (χ1v) is 19.0. The molecule has 0 radical (unpaired) electrons. The molecule has 2 aromatic carbocycles. The van der Waals surface area contributed by atoms with Gasteiger partial charge < -0.3 is 0 Å². The molecule has 0 unspecified atom stereocenters. The Morgan fingerprint density at radius 2 is 0.935 bits per heavy atom. The molecule has 2 aliphatic carbocycles. The zero-order valence-corrected chi connectivity index (χ0v) is 25.2. The molecule has 2 aliphatic rings. The van der Waals surface area contributed by atoms with Crippen LogP contribution in [0.15, 0.2) is 89.8 Å². The first-order valence-electron chi connectivity index (χ1n) is 10.8. The van der Waals surface area contributed by atoms with E-state index >= 15 is 0 Å². The van der Waals surface area contributed by atoms with E-state index in [4.69, 9.17) is 0 Å². The second-order valence-corrected chi connectivity index (χ2v) is 17.9. The number of hydrogen-bond acceptors (Lipinski definition) is 0. The van der Waals surface area contributed by atoms with Gasteiger partial charge >= 0.3 is 192 Å². The van der Waals surface area contributed by atoms with Crippen molar-refractivity contribution >= 4 is 53.6 Å². The largest absolute Gasteiger partial charge is 0.147 e. The van der Waals surface area contributed by atoms with Gasteiger partial charge in [0.2, 0.25) is 0 Å². The Balaban J connectivity index is 0.00000171. The van der Waals surface area contributed by atoms with Gasteiger partial charge in [0.05, 0.1) is 0 Å². The van der Waals surface area contributed by atoms with Crippen molar-refractivity contribution in [3.63, 3.8) is 0 Å². The Bertz CT molecular complexity index is 936. The Kier molecular flexibility index (Phi) is 10.2. The third kappa shape index (κ3) is 5.81. The van der Waals surface area contributed by atoms with E-state index in [1.165, 1.54) is 24.0 Å². The van der Waals surface area contributed by atoms with Crippen LogP contribution in [0.25, 0.3) is 11.1 Å². The average Bonchev–Trinajstić information content (AvgIpc) is 3.34. The number of allylic oxidation sites excluding steroid dienone is 8. The Hall–Kier alpha value is -0.703. The molecule has 0 aromatic heterocycles. The Labute approximate surface area is 215 Å². The number of halogens is 2. The zero-order chi connectivity index (χ0) is 20.4. The molecule has 31 heavy (non-hydrogen) atoms. The van der Waals surface area contributed by atoms with Crippen molar-refractivity contribution in [3.8, 4) is 0 Å². The second-order valence-electron chi connectivity index (χ2n) is 8.59. The summed E-state index contributed by atoms with van der Waals surface area (Å²) in [6.07, 6.45) is 7.52. The first-order chi connectivity index (χ1) is 14.1. The Morgan fingerprint density at radius 1 is 0.581 bits per heavy atom. The zero-order valence-electron chi connectivity index (χ0n) is 18.8. The van der Waals surface area contributed by atoms with Crippen LogP contribution < -0.4 is 0 Å². The maximum atomic E-state index is 2.54. The third-order valence-electron chi connectivity index (χ3n) is 5.88. The van der Waals surface area contributed by atoms with E-state index in [0.29, 0.717) is 0 Å². The fourth-order valence-corrected chi connectivity index (χ4v) is 16.5. The topological polar surface area (TPSA) is 0 Å². The van der Waals surface area contributed by atoms with E-state index in [-0.39, 0.29) is 24.8 Å². The number of benzene rings is 2. The van der Waals surface area contributed by atoms with Gasteiger partial charge in [-0.25, -0.2) is 0 Å². The van der Waals surface area contributed by atoms with Gasteiger partial charge in [-0.2, -0.15) is 0 Å². The molecule has 0 saturated carbocycles. The van der Waals surface area contributed by atoms with Crippen molar-refractivity contribution in [2.75, 3.05) is 0 Å². The van der Waals surface area contributed by atoms with Crippen molar-refractivity contribution in [3.05, 3.63) is 101 Å². The molecule has 0 N–H and O–H groups in total. The minimum atomic E-state index is -0.864. The summed E-state index contributed by atoms with van der Waals surface area (Å²) in [5.41, 5.74) is 6.00. The molecule has 0 spiro atoms. The summed E-state index contributed by atoms with van der Waals surface area (Å²) in [5, 5.41) is 3.60. The quantitative estimate of drug-likeness (QED) is 0.321. The van der Waals surface area contributed by atoms with E-state index in [0.717, 1.165) is 0 Å². The molecule has 0 bridgehead atoms. The van der Waals surface area contributed by atoms with Crippen LogP contribution in [0.2, 0.25) is 26.2 Å². The van der Waals surface area contributed by atoms with Crippen molar-refractivity contribution in [1.82, 2.24) is 0 Å². The van der Waals surface area contributed by atoms with Gasteiger partial charge in [-0.1, -0.05) is 0 Å². The second kappa shape index (κ2) is 12.0. The van der Waals surface area contributed by atoms with Gasteiger partial charge in [0.15, 0.2) is 0 Å². The molecule has 0 amide bonds. The normalized spacial score (nSPS) is 15.7. The monoisotopic (exact) mass is 560 g/mol. The van der Waals surface area contributed by atoms with E-state index in [1.54, 1.807) is 21.5 Å². The molecule has 0 aliphatic heterocycles. The summed E-state index contributed by atoms with van der Waals surface area (Å²) < 4.78 is 3.75. The molecular formula is C26H32Cl2Si2Zr. The molecule has 5 heteroatoms. The van der Waals surface area contributed by atoms with Crippen LogP contribution in [0.1, 0.15) is 24.0 Å². The van der Waals surface area contributed by atoms with Crippen molar-refractivity contribution in [2.45, 2.75) is 39.0 Å². The number of hydrogen-bond donors (Lipinski definition) is 0. The number of rotatable bonds is 6. The molecule has 0 atom stereocenters. The van der Waals surface area contributed by atoms with Crippen LogP contribution in [0.3, 0.4) is 0 Å². The average molecular weight is 563 g/mol. The van der Waals surface area contributed by atoms with Crippen LogP contribution in [0.4, 0.5) is 0 Å². The summed E-state index contributed by atoms with van der Waals surface area (Å²) in [5.74, 6) is 0. The minimum Gasteiger partial charge on any atom is -0.147 e. The molecule has 162 valence electrons. The molecule has 4 rings (SSSR count). The minimum absolute atomic E-state index is 0. The van der Waals surface area contributed by atoms with Crippen LogP contribution in [0.5, 0.6) is 0 Å². The summed E-state index contributed by atoms with van der Waals surface area (Å²) >= 11 is -0.711. The molecule has 0 fully saturated rings. The summed E-state index contributed by atoms with van der Waals surface area (Å²) in [4.78, 5) is 0. The standard InChI is InChI=1S/2C13H15Si.2ClH.Zr/c2*1-14(2)13-10-6-9-12(13)11-7-4-3-5-8-11;;;/h2*3-5,7-9,14H,6H2,1-2H3;2*1H;. The van der Waals surface area contributed by atoms with Crippen molar-refractivity contribution in [1.29, 1.82) is 0 Å². The van der Waals surface area contributed by atoms with Gasteiger partial charge in [-0.05, 0) is 0 Å². The summed E-state index contributed by atoms with van der Waals surface area (Å²) in [6.45, 7) is 10.1. The molecule has 2 aromatic rings. The molecule has 0 saturated heterocycles. The smallest absolute Gasteiger partial charge is 0.147 e. The van der Waals surface area contributed by atoms with Crippen LogP contribution >= 0.6 is 24.8 Å². The van der Waals surface area contributed by atoms with Gasteiger partial charge in [0.25, 0.3) is 0 Å².